The van der Waals surface area contributed by atoms with Crippen LogP contribution in [0.4, 0.5) is 10.5 Å². The van der Waals surface area contributed by atoms with Crippen molar-refractivity contribution in [1.82, 2.24) is 10.3 Å². The molecule has 5 N–H and O–H groups in total. The molecule has 224 valence electrons. The zero-order valence-corrected chi connectivity index (χ0v) is 26.1. The van der Waals surface area contributed by atoms with Crippen LogP contribution in [-0.2, 0) is 18.7 Å². The lowest BCUT2D eigenvalue weighted by Crippen LogP contribution is -2.40. The Labute approximate surface area is 242 Å². The van der Waals surface area contributed by atoms with Crippen molar-refractivity contribution < 1.29 is 43.0 Å². The van der Waals surface area contributed by atoms with Crippen molar-refractivity contribution in [2.75, 3.05) is 11.5 Å². The summed E-state index contributed by atoms with van der Waals surface area (Å²) < 4.78 is 29.1. The van der Waals surface area contributed by atoms with Gasteiger partial charge in [-0.2, -0.15) is 0 Å². The maximum Gasteiger partial charge on any atom is 0.414 e. The van der Waals surface area contributed by atoms with Gasteiger partial charge >= 0.3 is 21.3 Å². The number of halogens is 1. The molecule has 0 aliphatic carbocycles. The summed E-state index contributed by atoms with van der Waals surface area (Å²) in [6.45, 7) is 6.08. The van der Waals surface area contributed by atoms with Crippen LogP contribution in [0.5, 0.6) is 0 Å². The summed E-state index contributed by atoms with van der Waals surface area (Å²) in [6.07, 6.45) is 5.47. The average Bonchev–Trinajstić information content (AvgIpc) is 2.86. The number of hydrogen-bond acceptors (Lipinski definition) is 6. The largest absolute Gasteiger partial charge is 0.449 e. The zero-order valence-electron chi connectivity index (χ0n) is 22.8. The predicted molar refractivity (Wildman–Crippen MR) is 156 cm³/mol. The molecule has 2 amide bonds. The molecule has 1 aromatic heterocycles. The van der Waals surface area contributed by atoms with Crippen molar-refractivity contribution >= 4 is 59.7 Å². The lowest BCUT2D eigenvalue weighted by Gasteiger charge is -2.30. The van der Waals surface area contributed by atoms with Gasteiger partial charge in [0.05, 0.1) is 17.8 Å². The molecule has 0 saturated heterocycles. The second kappa shape index (κ2) is 15.4. The normalized spacial score (nSPS) is 13.1. The molecule has 2 rings (SSSR count). The summed E-state index contributed by atoms with van der Waals surface area (Å²) in [5, 5.41) is 2.45. The Bertz CT molecular complexity index is 1230. The van der Waals surface area contributed by atoms with Gasteiger partial charge in [-0.15, -0.1) is 0 Å². The molecule has 1 atom stereocenters. The maximum absolute atomic E-state index is 13.4. The fourth-order valence-electron chi connectivity index (χ4n) is 4.40. The van der Waals surface area contributed by atoms with Gasteiger partial charge in [-0.05, 0) is 49.9 Å². The highest BCUT2D eigenvalue weighted by Crippen LogP contribution is 2.58. The van der Waals surface area contributed by atoms with E-state index in [1.165, 1.54) is 0 Å². The number of carbonyl (C=O) groups excluding carboxylic acids is 2. The third-order valence-electron chi connectivity index (χ3n) is 6.67. The summed E-state index contributed by atoms with van der Waals surface area (Å²) in [4.78, 5) is 68.1. The van der Waals surface area contributed by atoms with E-state index in [0.29, 0.717) is 17.1 Å². The highest BCUT2D eigenvalue weighted by atomic mass is 79.9. The monoisotopic (exact) mass is 665 g/mol. The van der Waals surface area contributed by atoms with Gasteiger partial charge in [-0.25, -0.2) is 4.79 Å². The van der Waals surface area contributed by atoms with E-state index in [9.17, 15) is 18.7 Å². The van der Waals surface area contributed by atoms with Crippen molar-refractivity contribution in [2.24, 2.45) is 5.92 Å². The topological polar surface area (TPSA) is 187 Å². The van der Waals surface area contributed by atoms with E-state index in [4.69, 9.17) is 24.3 Å². The molecular weight excluding hydrogens is 628 g/mol. The molecule has 0 saturated carbocycles. The number of pyridine rings is 1. The Morgan fingerprint density at radius 2 is 1.70 bits per heavy atom. The fraction of sp³-hybridized carbons (Fsp3) is 0.560. The molecule has 1 unspecified atom stereocenters. The standard InChI is InChI=1S/C25H38BrN3O9P2/c1-4-18(5-2)9-6-8-17(3)29(22-13-14-27-21-16-19(26)11-12-20(21)22)25(31)38-15-7-10-23(30)28-24(39(32,33)34)40(35,36)37/h11-14,16-18,24H,4-10,15H2,1-3H3,(H,28,30)(H2,32,33,34)(H2,35,36,37). The Balaban J connectivity index is 2.13. The number of aromatic nitrogens is 1. The minimum absolute atomic E-state index is 0.0342. The van der Waals surface area contributed by atoms with Crippen LogP contribution in [0.25, 0.3) is 10.9 Å². The van der Waals surface area contributed by atoms with Crippen LogP contribution < -0.4 is 10.2 Å². The van der Waals surface area contributed by atoms with Gasteiger partial charge in [0.15, 0.2) is 0 Å². The molecule has 1 aromatic carbocycles. The van der Waals surface area contributed by atoms with Gasteiger partial charge in [0.1, 0.15) is 0 Å². The van der Waals surface area contributed by atoms with Gasteiger partial charge in [-0.1, -0.05) is 55.5 Å². The van der Waals surface area contributed by atoms with E-state index in [-0.39, 0.29) is 25.5 Å². The van der Waals surface area contributed by atoms with Crippen LogP contribution in [0.15, 0.2) is 34.9 Å². The highest BCUT2D eigenvalue weighted by Gasteiger charge is 2.44. The number of benzene rings is 1. The van der Waals surface area contributed by atoms with Gasteiger partial charge in [0.25, 0.3) is 0 Å². The Hall–Kier alpha value is -1.85. The van der Waals surface area contributed by atoms with Crippen molar-refractivity contribution in [3.8, 4) is 0 Å². The van der Waals surface area contributed by atoms with E-state index in [2.05, 4.69) is 34.8 Å². The smallest absolute Gasteiger partial charge is 0.414 e. The number of nitrogens with one attached hydrogen (secondary N) is 1. The third-order valence-corrected chi connectivity index (χ3v) is 10.5. The van der Waals surface area contributed by atoms with Crippen molar-refractivity contribution in [3.05, 3.63) is 34.9 Å². The third kappa shape index (κ3) is 10.2. The molecule has 12 nitrogen and oxygen atoms in total. The second-order valence-electron chi connectivity index (χ2n) is 9.66. The van der Waals surface area contributed by atoms with Crippen LogP contribution in [0.2, 0.25) is 0 Å². The number of amides is 2. The van der Waals surface area contributed by atoms with Crippen LogP contribution in [-0.4, -0.2) is 54.7 Å². The molecular formula is C25H38BrN3O9P2. The molecule has 2 aromatic rings. The Morgan fingerprint density at radius 1 is 1.05 bits per heavy atom. The van der Waals surface area contributed by atoms with Crippen LogP contribution in [0.3, 0.4) is 0 Å². The SMILES string of the molecule is CCC(CC)CCCC(C)N(C(=O)OCCCC(=O)NC(P(=O)(O)O)P(=O)(O)O)c1ccnc2cc(Br)ccc12. The number of ether oxygens (including phenoxy) is 1. The molecule has 0 fully saturated rings. The van der Waals surface area contributed by atoms with Crippen LogP contribution >= 0.6 is 31.1 Å². The van der Waals surface area contributed by atoms with Crippen LogP contribution in [0.1, 0.15) is 65.7 Å². The number of anilines is 1. The Kier molecular flexibility index (Phi) is 13.2. The number of nitrogens with zero attached hydrogens (tertiary/aromatic N) is 2. The molecule has 0 radical (unpaired) electrons. The number of fused-ring (bicyclic) bond motifs is 1. The minimum Gasteiger partial charge on any atom is -0.449 e. The quantitative estimate of drug-likeness (QED) is 0.121. The lowest BCUT2D eigenvalue weighted by atomic mass is 9.95. The van der Waals surface area contributed by atoms with Crippen molar-refractivity contribution in [2.45, 2.75) is 77.3 Å². The molecule has 0 aliphatic heterocycles. The molecule has 0 spiro atoms. The first-order valence-electron chi connectivity index (χ1n) is 13.1. The molecule has 1 heterocycles. The van der Waals surface area contributed by atoms with E-state index < -0.39 is 32.7 Å². The van der Waals surface area contributed by atoms with E-state index in [1.807, 2.05) is 25.1 Å². The Morgan fingerprint density at radius 3 is 2.30 bits per heavy atom. The number of hydrogen-bond donors (Lipinski definition) is 5. The first-order chi connectivity index (χ1) is 18.7. The molecule has 0 aliphatic rings. The first-order valence-corrected chi connectivity index (χ1v) is 17.2. The average molecular weight is 666 g/mol. The number of carbonyl (C=O) groups is 2. The summed E-state index contributed by atoms with van der Waals surface area (Å²) in [7, 11) is -10.6. The molecule has 15 heteroatoms. The van der Waals surface area contributed by atoms with Crippen molar-refractivity contribution in [1.29, 1.82) is 0 Å². The molecule has 0 bridgehead atoms. The number of rotatable bonds is 15. The second-order valence-corrected chi connectivity index (χ2v) is 14.4. The first kappa shape index (κ1) is 34.4. The summed E-state index contributed by atoms with van der Waals surface area (Å²) >= 11 is 3.44. The van der Waals surface area contributed by atoms with Crippen LogP contribution in [0, 0.1) is 5.92 Å². The summed E-state index contributed by atoms with van der Waals surface area (Å²) in [5.74, 6) is -0.376. The van der Waals surface area contributed by atoms with Gasteiger partial charge in [0.2, 0.25) is 11.4 Å². The van der Waals surface area contributed by atoms with Gasteiger partial charge < -0.3 is 29.6 Å². The van der Waals surface area contributed by atoms with E-state index in [0.717, 1.165) is 42.0 Å². The van der Waals surface area contributed by atoms with Gasteiger partial charge in [0, 0.05) is 28.5 Å². The lowest BCUT2D eigenvalue weighted by molar-refractivity contribution is -0.121. The highest BCUT2D eigenvalue weighted by molar-refractivity contribution is 9.10. The zero-order chi connectivity index (χ0) is 30.1. The molecule has 40 heavy (non-hydrogen) atoms. The van der Waals surface area contributed by atoms with E-state index >= 15 is 0 Å². The predicted octanol–water partition coefficient (Wildman–Crippen LogP) is 5.47. The van der Waals surface area contributed by atoms with E-state index in [1.54, 1.807) is 22.5 Å². The maximum atomic E-state index is 13.4. The summed E-state index contributed by atoms with van der Waals surface area (Å²) in [6, 6.07) is 7.09. The fourth-order valence-corrected chi connectivity index (χ4v) is 6.94. The van der Waals surface area contributed by atoms with Crippen molar-refractivity contribution in [3.63, 3.8) is 0 Å². The van der Waals surface area contributed by atoms with Gasteiger partial charge in [-0.3, -0.25) is 23.8 Å². The minimum atomic E-state index is -5.30. The summed E-state index contributed by atoms with van der Waals surface area (Å²) in [5.41, 5.74) is -1.32.